The van der Waals surface area contributed by atoms with E-state index in [1.165, 1.54) is 11.1 Å². The Morgan fingerprint density at radius 3 is 2.72 bits per heavy atom. The second-order valence-corrected chi connectivity index (χ2v) is 4.39. The normalized spacial score (nSPS) is 11.0. The highest BCUT2D eigenvalue weighted by Gasteiger charge is 2.09. The van der Waals surface area contributed by atoms with Gasteiger partial charge in [0.2, 0.25) is 5.89 Å². The SMILES string of the molecule is Cc1cc2nc(-c3cc[c]c(O)c3)oc2cc1C. The third-order valence-corrected chi connectivity index (χ3v) is 3.04. The van der Waals surface area contributed by atoms with Gasteiger partial charge in [0.25, 0.3) is 0 Å². The molecule has 0 amide bonds. The predicted molar refractivity (Wildman–Crippen MR) is 69.4 cm³/mol. The molecule has 0 fully saturated rings. The van der Waals surface area contributed by atoms with Gasteiger partial charge < -0.3 is 9.52 Å². The van der Waals surface area contributed by atoms with Gasteiger partial charge in [0, 0.05) is 11.6 Å². The van der Waals surface area contributed by atoms with Crippen molar-refractivity contribution in [3.8, 4) is 17.2 Å². The number of phenols is 1. The molecule has 1 radical (unpaired) electrons. The van der Waals surface area contributed by atoms with E-state index in [9.17, 15) is 5.11 Å². The summed E-state index contributed by atoms with van der Waals surface area (Å²) in [7, 11) is 0. The highest BCUT2D eigenvalue weighted by Crippen LogP contribution is 2.27. The van der Waals surface area contributed by atoms with Crippen LogP contribution in [0.25, 0.3) is 22.6 Å². The lowest BCUT2D eigenvalue weighted by molar-refractivity contribution is 0.474. The maximum Gasteiger partial charge on any atom is 0.227 e. The van der Waals surface area contributed by atoms with Gasteiger partial charge in [-0.05, 0) is 55.3 Å². The number of aryl methyl sites for hydroxylation is 2. The zero-order chi connectivity index (χ0) is 12.7. The number of nitrogens with zero attached hydrogens (tertiary/aromatic N) is 1. The summed E-state index contributed by atoms with van der Waals surface area (Å²) in [6.07, 6.45) is 0. The van der Waals surface area contributed by atoms with Gasteiger partial charge in [0.05, 0.1) is 0 Å². The fourth-order valence-electron chi connectivity index (χ4n) is 1.89. The summed E-state index contributed by atoms with van der Waals surface area (Å²) >= 11 is 0. The van der Waals surface area contributed by atoms with E-state index < -0.39 is 0 Å². The zero-order valence-corrected chi connectivity index (χ0v) is 10.2. The number of rotatable bonds is 1. The fourth-order valence-corrected chi connectivity index (χ4v) is 1.89. The largest absolute Gasteiger partial charge is 0.507 e. The smallest absolute Gasteiger partial charge is 0.227 e. The first-order valence-corrected chi connectivity index (χ1v) is 5.72. The molecule has 0 unspecified atom stereocenters. The Morgan fingerprint density at radius 2 is 1.94 bits per heavy atom. The summed E-state index contributed by atoms with van der Waals surface area (Å²) in [4.78, 5) is 4.43. The summed E-state index contributed by atoms with van der Waals surface area (Å²) in [6.45, 7) is 4.09. The number of fused-ring (bicyclic) bond motifs is 1. The molecule has 3 heteroatoms. The Labute approximate surface area is 105 Å². The summed E-state index contributed by atoms with van der Waals surface area (Å²) in [6, 6.07) is 11.7. The van der Waals surface area contributed by atoms with E-state index in [2.05, 4.69) is 11.1 Å². The van der Waals surface area contributed by atoms with Crippen molar-refractivity contribution in [2.75, 3.05) is 0 Å². The van der Waals surface area contributed by atoms with Gasteiger partial charge in [-0.2, -0.15) is 0 Å². The van der Waals surface area contributed by atoms with E-state index in [1.807, 2.05) is 32.0 Å². The van der Waals surface area contributed by atoms with E-state index in [-0.39, 0.29) is 5.75 Å². The Morgan fingerprint density at radius 1 is 1.17 bits per heavy atom. The minimum atomic E-state index is 0.0853. The van der Waals surface area contributed by atoms with Crippen LogP contribution in [0.3, 0.4) is 0 Å². The Balaban J connectivity index is 2.19. The quantitative estimate of drug-likeness (QED) is 0.704. The van der Waals surface area contributed by atoms with E-state index >= 15 is 0 Å². The van der Waals surface area contributed by atoms with Crippen molar-refractivity contribution in [2.45, 2.75) is 13.8 Å². The molecule has 1 heterocycles. The second-order valence-electron chi connectivity index (χ2n) is 4.39. The van der Waals surface area contributed by atoms with Crippen molar-refractivity contribution < 1.29 is 9.52 Å². The molecule has 89 valence electrons. The molecule has 0 saturated carbocycles. The lowest BCUT2D eigenvalue weighted by atomic mass is 10.1. The van der Waals surface area contributed by atoms with Crippen LogP contribution in [0.5, 0.6) is 5.75 Å². The molecule has 3 aromatic rings. The molecule has 0 saturated heterocycles. The molecular formula is C15H12NO2. The first kappa shape index (κ1) is 10.8. The Bertz CT molecular complexity index is 689. The van der Waals surface area contributed by atoms with Crippen LogP contribution in [-0.2, 0) is 0 Å². The molecule has 1 aromatic heterocycles. The van der Waals surface area contributed by atoms with Crippen LogP contribution in [0.15, 0.2) is 34.7 Å². The molecule has 0 aliphatic heterocycles. The summed E-state index contributed by atoms with van der Waals surface area (Å²) in [5, 5.41) is 9.41. The molecule has 0 aliphatic rings. The molecular weight excluding hydrogens is 226 g/mol. The Hall–Kier alpha value is -2.29. The van der Waals surface area contributed by atoms with Crippen LogP contribution in [0.1, 0.15) is 11.1 Å². The molecule has 2 aromatic carbocycles. The number of aromatic hydroxyl groups is 1. The van der Waals surface area contributed by atoms with Crippen molar-refractivity contribution in [2.24, 2.45) is 0 Å². The molecule has 3 nitrogen and oxygen atoms in total. The van der Waals surface area contributed by atoms with E-state index in [0.717, 1.165) is 16.7 Å². The molecule has 0 aliphatic carbocycles. The number of hydrogen-bond donors (Lipinski definition) is 1. The highest BCUT2D eigenvalue weighted by molar-refractivity contribution is 5.78. The number of phenolic OH excluding ortho intramolecular Hbond substituents is 1. The van der Waals surface area contributed by atoms with Gasteiger partial charge in [-0.3, -0.25) is 0 Å². The Kier molecular flexibility index (Phi) is 2.33. The van der Waals surface area contributed by atoms with Gasteiger partial charge >= 0.3 is 0 Å². The molecule has 18 heavy (non-hydrogen) atoms. The van der Waals surface area contributed by atoms with Crippen molar-refractivity contribution in [3.63, 3.8) is 0 Å². The minimum absolute atomic E-state index is 0.0853. The second kappa shape index (κ2) is 3.88. The fraction of sp³-hybridized carbons (Fsp3) is 0.133. The number of oxazole rings is 1. The average Bonchev–Trinajstić information content (AvgIpc) is 2.73. The van der Waals surface area contributed by atoms with Gasteiger partial charge in [0.15, 0.2) is 5.58 Å². The van der Waals surface area contributed by atoms with Crippen molar-refractivity contribution in [3.05, 3.63) is 47.5 Å². The van der Waals surface area contributed by atoms with E-state index in [4.69, 9.17) is 4.42 Å². The van der Waals surface area contributed by atoms with Crippen LogP contribution in [0.4, 0.5) is 0 Å². The third-order valence-electron chi connectivity index (χ3n) is 3.04. The monoisotopic (exact) mass is 238 g/mol. The summed E-state index contributed by atoms with van der Waals surface area (Å²) in [5.41, 5.74) is 4.71. The van der Waals surface area contributed by atoms with Gasteiger partial charge in [0.1, 0.15) is 11.3 Å². The van der Waals surface area contributed by atoms with Gasteiger partial charge in [-0.15, -0.1) is 0 Å². The number of hydrogen-bond acceptors (Lipinski definition) is 3. The third kappa shape index (κ3) is 1.74. The molecule has 0 spiro atoms. The summed E-state index contributed by atoms with van der Waals surface area (Å²) in [5.74, 6) is 0.599. The van der Waals surface area contributed by atoms with Crippen LogP contribution in [0.2, 0.25) is 0 Å². The number of aromatic nitrogens is 1. The minimum Gasteiger partial charge on any atom is -0.507 e. The topological polar surface area (TPSA) is 46.3 Å². The van der Waals surface area contributed by atoms with E-state index in [1.54, 1.807) is 12.1 Å². The van der Waals surface area contributed by atoms with Crippen LogP contribution >= 0.6 is 0 Å². The molecule has 0 bridgehead atoms. The first-order chi connectivity index (χ1) is 8.63. The lowest BCUT2D eigenvalue weighted by Gasteiger charge is -1.96. The van der Waals surface area contributed by atoms with Crippen molar-refractivity contribution >= 4 is 11.1 Å². The maximum absolute atomic E-state index is 9.41. The van der Waals surface area contributed by atoms with Crippen LogP contribution in [0, 0.1) is 19.9 Å². The van der Waals surface area contributed by atoms with Gasteiger partial charge in [-0.25, -0.2) is 4.98 Å². The lowest BCUT2D eigenvalue weighted by Crippen LogP contribution is -1.79. The van der Waals surface area contributed by atoms with E-state index in [0.29, 0.717) is 5.89 Å². The maximum atomic E-state index is 9.41. The number of benzene rings is 2. The standard InChI is InChI=1S/C15H12NO2/c1-9-6-13-14(7-10(9)2)18-15(16-13)11-4-3-5-12(17)8-11/h3-4,6-8,17H,1-2H3. The zero-order valence-electron chi connectivity index (χ0n) is 10.2. The average molecular weight is 238 g/mol. The first-order valence-electron chi connectivity index (χ1n) is 5.72. The predicted octanol–water partition coefficient (Wildman–Crippen LogP) is 3.62. The summed E-state index contributed by atoms with van der Waals surface area (Å²) < 4.78 is 5.71. The van der Waals surface area contributed by atoms with Crippen LogP contribution in [-0.4, -0.2) is 10.1 Å². The molecule has 1 N–H and O–H groups in total. The van der Waals surface area contributed by atoms with Crippen LogP contribution < -0.4 is 0 Å². The van der Waals surface area contributed by atoms with Crippen molar-refractivity contribution in [1.82, 2.24) is 4.98 Å². The molecule has 3 rings (SSSR count). The molecule has 0 atom stereocenters. The highest BCUT2D eigenvalue weighted by atomic mass is 16.3. The van der Waals surface area contributed by atoms with Gasteiger partial charge in [-0.1, -0.05) is 0 Å². The van der Waals surface area contributed by atoms with Crippen molar-refractivity contribution in [1.29, 1.82) is 0 Å².